The van der Waals surface area contributed by atoms with E-state index >= 15 is 0 Å². The average molecular weight is 343 g/mol. The van der Waals surface area contributed by atoms with Crippen molar-refractivity contribution in [1.82, 2.24) is 24.9 Å². The standard InChI is InChI=1S/C18H22FN5O/c19-15-7-14(15)18(25)23-5-3-13-16(4-6-23)21-22-17(13)12-8-20-24(10-12)9-11-1-2-11/h8,10-11,14-15H,1-7,9H2,(H,21,22)/t14-,15-/m1/s1. The molecule has 1 aliphatic heterocycles. The van der Waals surface area contributed by atoms with Crippen LogP contribution < -0.4 is 0 Å². The Morgan fingerprint density at radius 2 is 2.12 bits per heavy atom. The van der Waals surface area contributed by atoms with Crippen molar-refractivity contribution in [3.05, 3.63) is 23.7 Å². The van der Waals surface area contributed by atoms with Crippen molar-refractivity contribution >= 4 is 5.91 Å². The van der Waals surface area contributed by atoms with Crippen molar-refractivity contribution in [3.8, 4) is 11.3 Å². The average Bonchev–Trinajstić information content (AvgIpc) is 3.48. The molecule has 7 heteroatoms. The lowest BCUT2D eigenvalue weighted by molar-refractivity contribution is -0.132. The Kier molecular flexibility index (Phi) is 3.43. The predicted molar refractivity (Wildman–Crippen MR) is 89.5 cm³/mol. The van der Waals surface area contributed by atoms with Gasteiger partial charge in [-0.2, -0.15) is 10.2 Å². The van der Waals surface area contributed by atoms with Gasteiger partial charge in [0.25, 0.3) is 0 Å². The molecule has 3 heterocycles. The van der Waals surface area contributed by atoms with Gasteiger partial charge in [0, 0.05) is 49.1 Å². The van der Waals surface area contributed by atoms with E-state index in [9.17, 15) is 9.18 Å². The summed E-state index contributed by atoms with van der Waals surface area (Å²) >= 11 is 0. The van der Waals surface area contributed by atoms with E-state index in [4.69, 9.17) is 0 Å². The number of carbonyl (C=O) groups is 1. The molecular weight excluding hydrogens is 321 g/mol. The minimum atomic E-state index is -0.928. The third kappa shape index (κ3) is 2.85. The summed E-state index contributed by atoms with van der Waals surface area (Å²) < 4.78 is 15.2. The number of amides is 1. The van der Waals surface area contributed by atoms with Gasteiger partial charge in [0.05, 0.1) is 17.8 Å². The number of aromatic nitrogens is 4. The molecule has 0 aromatic carbocycles. The molecule has 2 aromatic heterocycles. The highest BCUT2D eigenvalue weighted by atomic mass is 19.1. The van der Waals surface area contributed by atoms with E-state index in [1.165, 1.54) is 18.4 Å². The van der Waals surface area contributed by atoms with E-state index in [0.717, 1.165) is 42.3 Å². The van der Waals surface area contributed by atoms with Gasteiger partial charge in [0.2, 0.25) is 5.91 Å². The molecule has 132 valence electrons. The Hall–Kier alpha value is -2.18. The van der Waals surface area contributed by atoms with Crippen molar-refractivity contribution in [3.63, 3.8) is 0 Å². The third-order valence-corrected chi connectivity index (χ3v) is 5.61. The number of carbonyl (C=O) groups excluding carboxylic acids is 1. The first-order valence-corrected chi connectivity index (χ1v) is 9.21. The number of hydrogen-bond donors (Lipinski definition) is 1. The van der Waals surface area contributed by atoms with Gasteiger partial charge in [-0.1, -0.05) is 0 Å². The largest absolute Gasteiger partial charge is 0.342 e. The van der Waals surface area contributed by atoms with Gasteiger partial charge in [-0.25, -0.2) is 4.39 Å². The number of alkyl halides is 1. The van der Waals surface area contributed by atoms with Crippen LogP contribution in [0.1, 0.15) is 30.5 Å². The first kappa shape index (κ1) is 15.1. The van der Waals surface area contributed by atoms with E-state index in [1.54, 1.807) is 0 Å². The zero-order valence-corrected chi connectivity index (χ0v) is 14.1. The van der Waals surface area contributed by atoms with E-state index in [2.05, 4.69) is 21.5 Å². The number of nitrogens with one attached hydrogen (secondary N) is 1. The van der Waals surface area contributed by atoms with Crippen LogP contribution in [0.15, 0.2) is 12.4 Å². The molecule has 1 N–H and O–H groups in total. The Labute approximate surface area is 145 Å². The van der Waals surface area contributed by atoms with Crippen molar-refractivity contribution < 1.29 is 9.18 Å². The fraction of sp³-hybridized carbons (Fsp3) is 0.611. The Balaban J connectivity index is 1.33. The molecule has 0 saturated heterocycles. The molecule has 0 spiro atoms. The molecule has 1 amide bonds. The second kappa shape index (κ2) is 5.68. The molecule has 2 fully saturated rings. The Morgan fingerprint density at radius 3 is 2.88 bits per heavy atom. The maximum atomic E-state index is 13.2. The van der Waals surface area contributed by atoms with Crippen molar-refractivity contribution in [2.24, 2.45) is 11.8 Å². The van der Waals surface area contributed by atoms with E-state index < -0.39 is 12.1 Å². The van der Waals surface area contributed by atoms with Crippen molar-refractivity contribution in [1.29, 1.82) is 0 Å². The van der Waals surface area contributed by atoms with Crippen LogP contribution in [0.2, 0.25) is 0 Å². The minimum absolute atomic E-state index is 0.0237. The van der Waals surface area contributed by atoms with Crippen LogP contribution in [0, 0.1) is 11.8 Å². The Morgan fingerprint density at radius 1 is 1.32 bits per heavy atom. The lowest BCUT2D eigenvalue weighted by atomic mass is 10.1. The second-order valence-corrected chi connectivity index (χ2v) is 7.61. The summed E-state index contributed by atoms with van der Waals surface area (Å²) in [4.78, 5) is 14.1. The summed E-state index contributed by atoms with van der Waals surface area (Å²) in [7, 11) is 0. The number of rotatable bonds is 4. The van der Waals surface area contributed by atoms with Gasteiger partial charge in [0.15, 0.2) is 0 Å². The van der Waals surface area contributed by atoms with Gasteiger partial charge in [-0.3, -0.25) is 14.6 Å². The molecule has 0 bridgehead atoms. The number of H-pyrrole nitrogens is 1. The molecule has 0 unspecified atom stereocenters. The number of halogens is 1. The van der Waals surface area contributed by atoms with Crippen LogP contribution in [0.4, 0.5) is 4.39 Å². The zero-order valence-electron chi connectivity index (χ0n) is 14.1. The number of fused-ring (bicyclic) bond motifs is 1. The van der Waals surface area contributed by atoms with Crippen LogP contribution in [0.5, 0.6) is 0 Å². The van der Waals surface area contributed by atoms with Crippen LogP contribution in [0.3, 0.4) is 0 Å². The van der Waals surface area contributed by atoms with Gasteiger partial charge in [-0.15, -0.1) is 0 Å². The highest BCUT2D eigenvalue weighted by molar-refractivity contribution is 5.82. The summed E-state index contributed by atoms with van der Waals surface area (Å²) in [5.74, 6) is 0.365. The Bertz CT molecular complexity index is 808. The van der Waals surface area contributed by atoms with Crippen molar-refractivity contribution in [2.75, 3.05) is 13.1 Å². The minimum Gasteiger partial charge on any atom is -0.342 e. The van der Waals surface area contributed by atoms with Gasteiger partial charge >= 0.3 is 0 Å². The second-order valence-electron chi connectivity index (χ2n) is 7.61. The molecule has 2 atom stereocenters. The highest BCUT2D eigenvalue weighted by Gasteiger charge is 2.45. The molecule has 5 rings (SSSR count). The number of aromatic amines is 1. The first-order valence-electron chi connectivity index (χ1n) is 9.21. The SMILES string of the molecule is O=C([C@@H]1C[C@H]1F)N1CCc2[nH]nc(-c3cnn(CC4CC4)c3)c2CC1. The summed E-state index contributed by atoms with van der Waals surface area (Å²) in [6.07, 6.45) is 7.52. The van der Waals surface area contributed by atoms with Gasteiger partial charge in [0.1, 0.15) is 6.17 Å². The monoisotopic (exact) mass is 343 g/mol. The highest BCUT2D eigenvalue weighted by Crippen LogP contribution is 2.36. The molecule has 2 aromatic rings. The molecule has 25 heavy (non-hydrogen) atoms. The first-order chi connectivity index (χ1) is 12.2. The molecule has 2 saturated carbocycles. The summed E-state index contributed by atoms with van der Waals surface area (Å²) in [5.41, 5.74) is 4.24. The van der Waals surface area contributed by atoms with Crippen LogP contribution in [-0.2, 0) is 24.2 Å². The quantitative estimate of drug-likeness (QED) is 0.923. The lowest BCUT2D eigenvalue weighted by Crippen LogP contribution is -2.35. The molecule has 0 radical (unpaired) electrons. The normalized spacial score (nSPS) is 25.6. The van der Waals surface area contributed by atoms with Crippen LogP contribution in [-0.4, -0.2) is 50.0 Å². The van der Waals surface area contributed by atoms with E-state index in [0.29, 0.717) is 19.5 Å². The summed E-state index contributed by atoms with van der Waals surface area (Å²) in [6.45, 7) is 2.26. The van der Waals surface area contributed by atoms with E-state index in [1.807, 2.05) is 15.8 Å². The third-order valence-electron chi connectivity index (χ3n) is 5.61. The number of hydrogen-bond acceptors (Lipinski definition) is 3. The predicted octanol–water partition coefficient (Wildman–Crippen LogP) is 1.97. The van der Waals surface area contributed by atoms with Gasteiger partial charge < -0.3 is 4.90 Å². The van der Waals surface area contributed by atoms with Crippen molar-refractivity contribution in [2.45, 2.75) is 44.8 Å². The molecule has 6 nitrogen and oxygen atoms in total. The lowest BCUT2D eigenvalue weighted by Gasteiger charge is -2.20. The fourth-order valence-corrected chi connectivity index (χ4v) is 3.75. The smallest absolute Gasteiger partial charge is 0.228 e. The molecular formula is C18H22FN5O. The maximum Gasteiger partial charge on any atom is 0.228 e. The van der Waals surface area contributed by atoms with E-state index in [-0.39, 0.29) is 5.91 Å². The summed E-state index contributed by atoms with van der Waals surface area (Å²) in [6, 6.07) is 0. The topological polar surface area (TPSA) is 66.8 Å². The van der Waals surface area contributed by atoms with Gasteiger partial charge in [-0.05, 0) is 31.6 Å². The fourth-order valence-electron chi connectivity index (χ4n) is 3.75. The van der Waals surface area contributed by atoms with Crippen LogP contribution in [0.25, 0.3) is 11.3 Å². The zero-order chi connectivity index (χ0) is 17.0. The summed E-state index contributed by atoms with van der Waals surface area (Å²) in [5, 5.41) is 12.1. The van der Waals surface area contributed by atoms with Crippen LogP contribution >= 0.6 is 0 Å². The molecule has 3 aliphatic rings. The number of nitrogens with zero attached hydrogens (tertiary/aromatic N) is 4. The maximum absolute atomic E-state index is 13.2. The molecule has 2 aliphatic carbocycles.